The molecule has 0 aromatic heterocycles. The van der Waals surface area contributed by atoms with Crippen molar-refractivity contribution >= 4 is 15.9 Å². The van der Waals surface area contributed by atoms with Crippen molar-refractivity contribution in [3.63, 3.8) is 0 Å². The van der Waals surface area contributed by atoms with Crippen molar-refractivity contribution in [3.05, 3.63) is 34.3 Å². The second kappa shape index (κ2) is 5.94. The van der Waals surface area contributed by atoms with Gasteiger partial charge in [-0.3, -0.25) is 0 Å². The number of nitrogens with one attached hydrogen (secondary N) is 1. The SMILES string of the molecule is Brc1ccccc1COC1(CCNC2CC2)CCC1. The molecule has 104 valence electrons. The molecule has 0 unspecified atom stereocenters. The van der Waals surface area contributed by atoms with Crippen molar-refractivity contribution in [2.75, 3.05) is 6.54 Å². The Hall–Kier alpha value is -0.380. The van der Waals surface area contributed by atoms with Gasteiger partial charge in [-0.25, -0.2) is 0 Å². The average molecular weight is 324 g/mol. The predicted octanol–water partition coefficient (Wildman–Crippen LogP) is 4.03. The van der Waals surface area contributed by atoms with E-state index in [4.69, 9.17) is 4.74 Å². The minimum atomic E-state index is 0.150. The van der Waals surface area contributed by atoms with E-state index in [1.54, 1.807) is 0 Å². The quantitative estimate of drug-likeness (QED) is 0.818. The van der Waals surface area contributed by atoms with E-state index in [9.17, 15) is 0 Å². The fourth-order valence-electron chi connectivity index (χ4n) is 2.68. The molecule has 2 aliphatic carbocycles. The first-order valence-corrected chi connectivity index (χ1v) is 8.18. The first kappa shape index (κ1) is 13.6. The maximum absolute atomic E-state index is 6.26. The van der Waals surface area contributed by atoms with Gasteiger partial charge >= 0.3 is 0 Å². The number of ether oxygens (including phenoxy) is 1. The molecule has 0 amide bonds. The monoisotopic (exact) mass is 323 g/mol. The van der Waals surface area contributed by atoms with Gasteiger partial charge in [0.1, 0.15) is 0 Å². The van der Waals surface area contributed by atoms with Crippen LogP contribution in [0.3, 0.4) is 0 Å². The van der Waals surface area contributed by atoms with Gasteiger partial charge in [0.15, 0.2) is 0 Å². The first-order chi connectivity index (χ1) is 9.27. The minimum Gasteiger partial charge on any atom is -0.370 e. The van der Waals surface area contributed by atoms with Crippen LogP contribution < -0.4 is 5.32 Å². The molecule has 0 radical (unpaired) electrons. The van der Waals surface area contributed by atoms with E-state index in [2.05, 4.69) is 39.4 Å². The highest BCUT2D eigenvalue weighted by molar-refractivity contribution is 9.10. The molecule has 2 fully saturated rings. The summed E-state index contributed by atoms with van der Waals surface area (Å²) in [6.07, 6.45) is 7.66. The summed E-state index contributed by atoms with van der Waals surface area (Å²) in [6, 6.07) is 9.15. The largest absolute Gasteiger partial charge is 0.370 e. The Morgan fingerprint density at radius 3 is 2.68 bits per heavy atom. The number of hydrogen-bond donors (Lipinski definition) is 1. The van der Waals surface area contributed by atoms with Gasteiger partial charge in [0.2, 0.25) is 0 Å². The Kier molecular flexibility index (Phi) is 4.25. The minimum absolute atomic E-state index is 0.150. The van der Waals surface area contributed by atoms with Crippen LogP contribution in [0.1, 0.15) is 44.1 Å². The molecular weight excluding hydrogens is 302 g/mol. The fraction of sp³-hybridized carbons (Fsp3) is 0.625. The molecule has 0 heterocycles. The van der Waals surface area contributed by atoms with E-state index in [0.717, 1.165) is 30.1 Å². The topological polar surface area (TPSA) is 21.3 Å². The van der Waals surface area contributed by atoms with Crippen LogP contribution in [0.4, 0.5) is 0 Å². The Morgan fingerprint density at radius 1 is 1.26 bits per heavy atom. The van der Waals surface area contributed by atoms with Gasteiger partial charge in [-0.1, -0.05) is 34.1 Å². The van der Waals surface area contributed by atoms with Crippen molar-refractivity contribution < 1.29 is 4.74 Å². The number of benzene rings is 1. The summed E-state index contributed by atoms with van der Waals surface area (Å²) in [5.41, 5.74) is 1.40. The molecule has 0 saturated heterocycles. The number of hydrogen-bond acceptors (Lipinski definition) is 2. The molecular formula is C16H22BrNO. The highest BCUT2D eigenvalue weighted by Gasteiger charge is 2.38. The maximum Gasteiger partial charge on any atom is 0.0735 e. The molecule has 2 saturated carbocycles. The molecule has 2 nitrogen and oxygen atoms in total. The van der Waals surface area contributed by atoms with Crippen molar-refractivity contribution in [1.82, 2.24) is 5.32 Å². The molecule has 3 heteroatoms. The third kappa shape index (κ3) is 3.59. The Morgan fingerprint density at radius 2 is 2.05 bits per heavy atom. The molecule has 0 bridgehead atoms. The molecule has 1 aromatic rings. The average Bonchev–Trinajstić information content (AvgIpc) is 3.17. The summed E-state index contributed by atoms with van der Waals surface area (Å²) < 4.78 is 7.42. The molecule has 0 spiro atoms. The second-order valence-electron chi connectivity index (χ2n) is 5.90. The lowest BCUT2D eigenvalue weighted by atomic mass is 9.77. The molecule has 0 atom stereocenters. The first-order valence-electron chi connectivity index (χ1n) is 7.38. The molecule has 0 aliphatic heterocycles. The van der Waals surface area contributed by atoms with Crippen molar-refractivity contribution in [3.8, 4) is 0 Å². The second-order valence-corrected chi connectivity index (χ2v) is 6.75. The van der Waals surface area contributed by atoms with Crippen LogP contribution in [-0.4, -0.2) is 18.2 Å². The molecule has 1 aromatic carbocycles. The van der Waals surface area contributed by atoms with E-state index in [-0.39, 0.29) is 5.60 Å². The van der Waals surface area contributed by atoms with E-state index in [1.165, 1.54) is 37.7 Å². The van der Waals surface area contributed by atoms with Gasteiger partial charge in [-0.15, -0.1) is 0 Å². The van der Waals surface area contributed by atoms with E-state index in [0.29, 0.717) is 0 Å². The third-order valence-corrected chi connectivity index (χ3v) is 5.12. The Labute approximate surface area is 124 Å². The summed E-state index contributed by atoms with van der Waals surface area (Å²) >= 11 is 3.59. The normalized spacial score (nSPS) is 21.1. The van der Waals surface area contributed by atoms with Crippen LogP contribution >= 0.6 is 15.9 Å². The standard InChI is InChI=1S/C16H22BrNO/c17-15-5-2-1-4-13(15)12-19-16(8-3-9-16)10-11-18-14-6-7-14/h1-2,4-5,14,18H,3,6-12H2. The van der Waals surface area contributed by atoms with Crippen LogP contribution in [0.25, 0.3) is 0 Å². The highest BCUT2D eigenvalue weighted by atomic mass is 79.9. The lowest BCUT2D eigenvalue weighted by molar-refractivity contribution is -0.114. The third-order valence-electron chi connectivity index (χ3n) is 4.35. The zero-order chi connectivity index (χ0) is 13.1. The summed E-state index contributed by atoms with van der Waals surface area (Å²) in [5, 5.41) is 3.60. The van der Waals surface area contributed by atoms with E-state index in [1.807, 2.05) is 6.07 Å². The molecule has 19 heavy (non-hydrogen) atoms. The number of halogens is 1. The van der Waals surface area contributed by atoms with Gasteiger partial charge in [0.25, 0.3) is 0 Å². The van der Waals surface area contributed by atoms with E-state index < -0.39 is 0 Å². The predicted molar refractivity (Wildman–Crippen MR) is 81.2 cm³/mol. The van der Waals surface area contributed by atoms with Gasteiger partial charge in [0, 0.05) is 10.5 Å². The van der Waals surface area contributed by atoms with Crippen LogP contribution in [0.15, 0.2) is 28.7 Å². The zero-order valence-corrected chi connectivity index (χ0v) is 12.9. The summed E-state index contributed by atoms with van der Waals surface area (Å²) in [7, 11) is 0. The van der Waals surface area contributed by atoms with Crippen molar-refractivity contribution in [2.45, 2.75) is 56.8 Å². The van der Waals surface area contributed by atoms with E-state index >= 15 is 0 Å². The smallest absolute Gasteiger partial charge is 0.0735 e. The Balaban J connectivity index is 1.49. The number of rotatable bonds is 7. The molecule has 3 rings (SSSR count). The van der Waals surface area contributed by atoms with Crippen molar-refractivity contribution in [2.24, 2.45) is 0 Å². The van der Waals surface area contributed by atoms with Gasteiger partial charge < -0.3 is 10.1 Å². The molecule has 2 aliphatic rings. The van der Waals surface area contributed by atoms with Gasteiger partial charge in [-0.2, -0.15) is 0 Å². The van der Waals surface area contributed by atoms with Crippen LogP contribution in [-0.2, 0) is 11.3 Å². The summed E-state index contributed by atoms with van der Waals surface area (Å²) in [4.78, 5) is 0. The lowest BCUT2D eigenvalue weighted by Gasteiger charge is -2.42. The molecule has 1 N–H and O–H groups in total. The zero-order valence-electron chi connectivity index (χ0n) is 11.3. The van der Waals surface area contributed by atoms with Crippen molar-refractivity contribution in [1.29, 1.82) is 0 Å². The summed E-state index contributed by atoms with van der Waals surface area (Å²) in [6.45, 7) is 1.84. The summed E-state index contributed by atoms with van der Waals surface area (Å²) in [5.74, 6) is 0. The fourth-order valence-corrected chi connectivity index (χ4v) is 3.07. The highest BCUT2D eigenvalue weighted by Crippen LogP contribution is 2.39. The van der Waals surface area contributed by atoms with Crippen LogP contribution in [0.5, 0.6) is 0 Å². The lowest BCUT2D eigenvalue weighted by Crippen LogP contribution is -2.42. The van der Waals surface area contributed by atoms with Crippen LogP contribution in [0, 0.1) is 0 Å². The Bertz CT molecular complexity index is 427. The maximum atomic E-state index is 6.26. The van der Waals surface area contributed by atoms with Gasteiger partial charge in [-0.05, 0) is 56.7 Å². The van der Waals surface area contributed by atoms with Crippen LogP contribution in [0.2, 0.25) is 0 Å². The van der Waals surface area contributed by atoms with Gasteiger partial charge in [0.05, 0.1) is 12.2 Å².